The summed E-state index contributed by atoms with van der Waals surface area (Å²) in [5.74, 6) is -0.420. The molecule has 1 aromatic carbocycles. The highest BCUT2D eigenvalue weighted by atomic mass is 16.6. The Labute approximate surface area is 95.4 Å². The van der Waals surface area contributed by atoms with Crippen LogP contribution in [0.25, 0.3) is 6.08 Å². The Hall–Kier alpha value is -1.77. The van der Waals surface area contributed by atoms with Crippen LogP contribution in [0.1, 0.15) is 36.7 Å². The first kappa shape index (κ1) is 12.3. The van der Waals surface area contributed by atoms with Crippen LogP contribution < -0.4 is 0 Å². The molecule has 1 N–H and O–H groups in total. The van der Waals surface area contributed by atoms with Crippen molar-refractivity contribution in [1.29, 1.82) is 0 Å². The van der Waals surface area contributed by atoms with Crippen molar-refractivity contribution in [3.63, 3.8) is 0 Å². The summed E-state index contributed by atoms with van der Waals surface area (Å²) in [7, 11) is 0. The van der Waals surface area contributed by atoms with Crippen LogP contribution >= 0.6 is 0 Å². The second-order valence-corrected chi connectivity index (χ2v) is 4.48. The third-order valence-corrected chi connectivity index (χ3v) is 1.88. The summed E-state index contributed by atoms with van der Waals surface area (Å²) in [5.41, 5.74) is 0.384. The molecular formula is C13H16O3. The van der Waals surface area contributed by atoms with Crippen LogP contribution in [-0.2, 0) is 4.74 Å². The van der Waals surface area contributed by atoms with Gasteiger partial charge in [-0.2, -0.15) is 0 Å². The van der Waals surface area contributed by atoms with Gasteiger partial charge in [-0.1, -0.05) is 18.7 Å². The average Bonchev–Trinajstić information content (AvgIpc) is 2.15. The van der Waals surface area contributed by atoms with Gasteiger partial charge in [-0.05, 0) is 32.9 Å². The van der Waals surface area contributed by atoms with Crippen molar-refractivity contribution >= 4 is 12.0 Å². The van der Waals surface area contributed by atoms with Gasteiger partial charge in [0.25, 0.3) is 0 Å². The maximum absolute atomic E-state index is 11.7. The molecule has 0 aromatic heterocycles. The second-order valence-electron chi connectivity index (χ2n) is 4.48. The van der Waals surface area contributed by atoms with E-state index in [4.69, 9.17) is 4.74 Å². The van der Waals surface area contributed by atoms with Crippen molar-refractivity contribution in [3.05, 3.63) is 35.9 Å². The number of carbonyl (C=O) groups excluding carboxylic acids is 1. The number of phenolic OH excluding ortho intramolecular Hbond substituents is 1. The Morgan fingerprint density at radius 3 is 2.50 bits per heavy atom. The number of benzene rings is 1. The third kappa shape index (κ3) is 3.12. The summed E-state index contributed by atoms with van der Waals surface area (Å²) in [6.07, 6.45) is 1.52. The van der Waals surface area contributed by atoms with Crippen molar-refractivity contribution in [1.82, 2.24) is 0 Å². The van der Waals surface area contributed by atoms with E-state index in [2.05, 4.69) is 6.58 Å². The molecule has 16 heavy (non-hydrogen) atoms. The van der Waals surface area contributed by atoms with Crippen LogP contribution in [0.2, 0.25) is 0 Å². The molecule has 0 saturated heterocycles. The van der Waals surface area contributed by atoms with Gasteiger partial charge in [-0.3, -0.25) is 0 Å². The molecular weight excluding hydrogens is 204 g/mol. The van der Waals surface area contributed by atoms with Gasteiger partial charge < -0.3 is 9.84 Å². The summed E-state index contributed by atoms with van der Waals surface area (Å²) in [5, 5.41) is 9.56. The molecule has 3 heteroatoms. The number of carbonyl (C=O) groups is 1. The van der Waals surface area contributed by atoms with Crippen LogP contribution in [0, 0.1) is 0 Å². The maximum Gasteiger partial charge on any atom is 0.338 e. The summed E-state index contributed by atoms with van der Waals surface area (Å²) >= 11 is 0. The number of hydrogen-bond acceptors (Lipinski definition) is 3. The highest BCUT2D eigenvalue weighted by Crippen LogP contribution is 2.21. The normalized spacial score (nSPS) is 10.9. The molecule has 0 aliphatic carbocycles. The lowest BCUT2D eigenvalue weighted by Crippen LogP contribution is -2.23. The molecule has 0 amide bonds. The summed E-state index contributed by atoms with van der Waals surface area (Å²) in [4.78, 5) is 11.7. The Morgan fingerprint density at radius 2 is 2.06 bits per heavy atom. The topological polar surface area (TPSA) is 46.5 Å². The number of aromatic hydroxyl groups is 1. The standard InChI is InChI=1S/C13H16O3/c1-5-9-6-7-10(8-11(9)14)12(15)16-13(2,3)4/h5-8,14H,1H2,2-4H3. The minimum absolute atomic E-state index is 0.0263. The average molecular weight is 220 g/mol. The zero-order chi connectivity index (χ0) is 12.3. The van der Waals surface area contributed by atoms with E-state index in [1.165, 1.54) is 12.1 Å². The fraction of sp³-hybridized carbons (Fsp3) is 0.308. The number of ether oxygens (including phenoxy) is 1. The van der Waals surface area contributed by atoms with E-state index in [1.807, 2.05) is 0 Å². The van der Waals surface area contributed by atoms with Gasteiger partial charge in [0.05, 0.1) is 5.56 Å². The van der Waals surface area contributed by atoms with Crippen LogP contribution in [0.5, 0.6) is 5.75 Å². The van der Waals surface area contributed by atoms with E-state index in [1.54, 1.807) is 32.9 Å². The van der Waals surface area contributed by atoms with E-state index in [9.17, 15) is 9.90 Å². The molecule has 0 aliphatic heterocycles. The van der Waals surface area contributed by atoms with Gasteiger partial charge in [0.15, 0.2) is 0 Å². The molecule has 0 atom stereocenters. The van der Waals surface area contributed by atoms with Gasteiger partial charge in [0.1, 0.15) is 11.4 Å². The zero-order valence-electron chi connectivity index (χ0n) is 9.78. The monoisotopic (exact) mass is 220 g/mol. The summed E-state index contributed by atoms with van der Waals surface area (Å²) < 4.78 is 5.18. The van der Waals surface area contributed by atoms with E-state index in [0.717, 1.165) is 0 Å². The molecule has 0 saturated carbocycles. The molecule has 0 aliphatic rings. The first-order chi connectivity index (χ1) is 7.33. The molecule has 0 bridgehead atoms. The molecule has 0 spiro atoms. The maximum atomic E-state index is 11.7. The van der Waals surface area contributed by atoms with Crippen molar-refractivity contribution in [3.8, 4) is 5.75 Å². The lowest BCUT2D eigenvalue weighted by atomic mass is 10.1. The van der Waals surface area contributed by atoms with E-state index in [-0.39, 0.29) is 5.75 Å². The number of esters is 1. The predicted molar refractivity (Wildman–Crippen MR) is 63.4 cm³/mol. The molecule has 0 heterocycles. The van der Waals surface area contributed by atoms with Crippen LogP contribution in [-0.4, -0.2) is 16.7 Å². The molecule has 0 unspecified atom stereocenters. The van der Waals surface area contributed by atoms with Crippen molar-refractivity contribution in [2.75, 3.05) is 0 Å². The van der Waals surface area contributed by atoms with Crippen molar-refractivity contribution < 1.29 is 14.6 Å². The van der Waals surface area contributed by atoms with Gasteiger partial charge in [0.2, 0.25) is 0 Å². The van der Waals surface area contributed by atoms with Gasteiger partial charge >= 0.3 is 5.97 Å². The molecule has 0 radical (unpaired) electrons. The van der Waals surface area contributed by atoms with Crippen LogP contribution in [0.4, 0.5) is 0 Å². The smallest absolute Gasteiger partial charge is 0.338 e. The molecule has 1 rings (SSSR count). The largest absolute Gasteiger partial charge is 0.507 e. The highest BCUT2D eigenvalue weighted by Gasteiger charge is 2.18. The first-order valence-electron chi connectivity index (χ1n) is 5.02. The second kappa shape index (κ2) is 4.39. The van der Waals surface area contributed by atoms with Crippen LogP contribution in [0.15, 0.2) is 24.8 Å². The number of rotatable bonds is 2. The van der Waals surface area contributed by atoms with E-state index >= 15 is 0 Å². The molecule has 3 nitrogen and oxygen atoms in total. The number of phenols is 1. The Kier molecular flexibility index (Phi) is 3.38. The van der Waals surface area contributed by atoms with Gasteiger partial charge in [-0.25, -0.2) is 4.79 Å². The number of hydrogen-bond donors (Lipinski definition) is 1. The SMILES string of the molecule is C=Cc1ccc(C(=O)OC(C)(C)C)cc1O. The Morgan fingerprint density at radius 1 is 1.44 bits per heavy atom. The minimum Gasteiger partial charge on any atom is -0.507 e. The van der Waals surface area contributed by atoms with Crippen LogP contribution in [0.3, 0.4) is 0 Å². The summed E-state index contributed by atoms with van der Waals surface area (Å²) in [6.45, 7) is 8.93. The Bertz CT molecular complexity index is 414. The molecule has 0 fully saturated rings. The van der Waals surface area contributed by atoms with Gasteiger partial charge in [-0.15, -0.1) is 0 Å². The quantitative estimate of drug-likeness (QED) is 0.779. The van der Waals surface area contributed by atoms with Crippen molar-refractivity contribution in [2.24, 2.45) is 0 Å². The van der Waals surface area contributed by atoms with Gasteiger partial charge in [0, 0.05) is 5.56 Å². The molecule has 1 aromatic rings. The Balaban J connectivity index is 2.94. The predicted octanol–water partition coefficient (Wildman–Crippen LogP) is 2.99. The van der Waals surface area contributed by atoms with E-state index < -0.39 is 11.6 Å². The minimum atomic E-state index is -0.538. The van der Waals surface area contributed by atoms with Crippen molar-refractivity contribution in [2.45, 2.75) is 26.4 Å². The fourth-order valence-electron chi connectivity index (χ4n) is 1.18. The lowest BCUT2D eigenvalue weighted by molar-refractivity contribution is 0.00691. The summed E-state index contributed by atoms with van der Waals surface area (Å²) in [6, 6.07) is 4.61. The molecule has 86 valence electrons. The zero-order valence-corrected chi connectivity index (χ0v) is 9.78. The first-order valence-corrected chi connectivity index (χ1v) is 5.02. The lowest BCUT2D eigenvalue weighted by Gasteiger charge is -2.19. The third-order valence-electron chi connectivity index (χ3n) is 1.88. The highest BCUT2D eigenvalue weighted by molar-refractivity contribution is 5.90. The fourth-order valence-corrected chi connectivity index (χ4v) is 1.18. The van der Waals surface area contributed by atoms with E-state index in [0.29, 0.717) is 11.1 Å².